The first-order valence-electron chi connectivity index (χ1n) is 5.03. The summed E-state index contributed by atoms with van der Waals surface area (Å²) in [6, 6.07) is 0. The number of ether oxygens (including phenoxy) is 1. The van der Waals surface area contributed by atoms with E-state index >= 15 is 0 Å². The lowest BCUT2D eigenvalue weighted by Gasteiger charge is -2.36. The number of carbonyl (C=O) groups excluding carboxylic acids is 1. The maximum atomic E-state index is 11.7. The van der Waals surface area contributed by atoms with Crippen LogP contribution < -0.4 is 5.01 Å². The van der Waals surface area contributed by atoms with Gasteiger partial charge in [0.15, 0.2) is 5.60 Å². The van der Waals surface area contributed by atoms with E-state index in [-0.39, 0.29) is 0 Å². The minimum atomic E-state index is -1.44. The molecule has 1 aliphatic rings. The first-order chi connectivity index (χ1) is 7.42. The SMILES string of the molecule is CC[C@]1(C)OC(=O)N(n2cnnc2)[C@]1(C)O. The van der Waals surface area contributed by atoms with E-state index in [0.29, 0.717) is 6.42 Å². The van der Waals surface area contributed by atoms with Crippen LogP contribution in [0.4, 0.5) is 4.79 Å². The molecule has 0 bridgehead atoms. The van der Waals surface area contributed by atoms with E-state index in [1.807, 2.05) is 6.92 Å². The monoisotopic (exact) mass is 226 g/mol. The summed E-state index contributed by atoms with van der Waals surface area (Å²) >= 11 is 0. The zero-order valence-corrected chi connectivity index (χ0v) is 9.41. The van der Waals surface area contributed by atoms with Crippen molar-refractivity contribution in [3.05, 3.63) is 12.7 Å². The number of amides is 1. The number of nitrogens with zero attached hydrogens (tertiary/aromatic N) is 4. The molecule has 0 aromatic carbocycles. The molecule has 1 fully saturated rings. The van der Waals surface area contributed by atoms with Crippen molar-refractivity contribution >= 4 is 6.09 Å². The van der Waals surface area contributed by atoms with Crippen LogP contribution in [-0.4, -0.2) is 37.4 Å². The second-order valence-electron chi connectivity index (χ2n) is 4.13. The number of cyclic esters (lactones) is 1. The Morgan fingerprint density at radius 3 is 2.44 bits per heavy atom. The molecule has 1 N–H and O–H groups in total. The lowest BCUT2D eigenvalue weighted by atomic mass is 9.91. The van der Waals surface area contributed by atoms with Crippen molar-refractivity contribution in [3.8, 4) is 0 Å². The number of carbonyl (C=O) groups is 1. The number of hydrogen-bond acceptors (Lipinski definition) is 5. The van der Waals surface area contributed by atoms with Crippen LogP contribution in [0.1, 0.15) is 27.2 Å². The Morgan fingerprint density at radius 2 is 2.00 bits per heavy atom. The maximum Gasteiger partial charge on any atom is 0.432 e. The lowest BCUT2D eigenvalue weighted by molar-refractivity contribution is -0.0921. The summed E-state index contributed by atoms with van der Waals surface area (Å²) in [5.74, 6) is 0. The summed E-state index contributed by atoms with van der Waals surface area (Å²) in [5.41, 5.74) is -2.39. The van der Waals surface area contributed by atoms with Gasteiger partial charge >= 0.3 is 6.09 Å². The number of aromatic nitrogens is 3. The van der Waals surface area contributed by atoms with Crippen LogP contribution in [-0.2, 0) is 4.74 Å². The van der Waals surface area contributed by atoms with Crippen molar-refractivity contribution in [3.63, 3.8) is 0 Å². The van der Waals surface area contributed by atoms with Crippen LogP contribution in [0.25, 0.3) is 0 Å². The van der Waals surface area contributed by atoms with E-state index in [4.69, 9.17) is 4.74 Å². The number of aliphatic hydroxyl groups is 1. The highest BCUT2D eigenvalue weighted by Crippen LogP contribution is 2.38. The Labute approximate surface area is 92.6 Å². The van der Waals surface area contributed by atoms with Gasteiger partial charge in [0.25, 0.3) is 0 Å². The molecule has 1 aromatic rings. The summed E-state index contributed by atoms with van der Waals surface area (Å²) in [6.07, 6.45) is 2.55. The van der Waals surface area contributed by atoms with E-state index in [9.17, 15) is 9.90 Å². The Bertz CT molecular complexity index is 403. The normalized spacial score (nSPS) is 34.2. The second kappa shape index (κ2) is 3.18. The molecular weight excluding hydrogens is 212 g/mol. The molecule has 7 nitrogen and oxygen atoms in total. The first kappa shape index (κ1) is 10.9. The van der Waals surface area contributed by atoms with Crippen LogP contribution in [0, 0.1) is 0 Å². The summed E-state index contributed by atoms with van der Waals surface area (Å²) in [4.78, 5) is 11.7. The third-order valence-corrected chi connectivity index (χ3v) is 3.21. The van der Waals surface area contributed by atoms with E-state index in [2.05, 4.69) is 10.2 Å². The zero-order chi connectivity index (χ0) is 12.0. The predicted octanol–water partition coefficient (Wildman–Crippen LogP) is 0.244. The number of rotatable bonds is 2. The topological polar surface area (TPSA) is 80.5 Å². The van der Waals surface area contributed by atoms with Gasteiger partial charge in [0.05, 0.1) is 0 Å². The highest BCUT2D eigenvalue weighted by atomic mass is 16.6. The summed E-state index contributed by atoms with van der Waals surface area (Å²) in [6.45, 7) is 5.06. The molecule has 1 amide bonds. The van der Waals surface area contributed by atoms with Crippen molar-refractivity contribution in [2.45, 2.75) is 38.5 Å². The fourth-order valence-electron chi connectivity index (χ4n) is 1.76. The zero-order valence-electron chi connectivity index (χ0n) is 9.41. The van der Waals surface area contributed by atoms with Crippen LogP contribution in [0.2, 0.25) is 0 Å². The Hall–Kier alpha value is -1.63. The lowest BCUT2D eigenvalue weighted by Crippen LogP contribution is -2.58. The second-order valence-corrected chi connectivity index (χ2v) is 4.13. The molecule has 16 heavy (non-hydrogen) atoms. The van der Waals surface area contributed by atoms with E-state index in [1.165, 1.54) is 24.3 Å². The molecule has 1 aromatic heterocycles. The molecule has 2 rings (SSSR count). The molecule has 0 unspecified atom stereocenters. The maximum absolute atomic E-state index is 11.7. The van der Waals surface area contributed by atoms with Crippen molar-refractivity contribution in [2.24, 2.45) is 0 Å². The van der Waals surface area contributed by atoms with Crippen LogP contribution in [0.3, 0.4) is 0 Å². The average Bonchev–Trinajstić information content (AvgIpc) is 2.74. The van der Waals surface area contributed by atoms with Gasteiger partial charge in [-0.2, -0.15) is 5.01 Å². The highest BCUT2D eigenvalue weighted by Gasteiger charge is 2.59. The first-order valence-corrected chi connectivity index (χ1v) is 5.03. The van der Waals surface area contributed by atoms with E-state index in [1.54, 1.807) is 6.92 Å². The molecule has 0 saturated carbocycles. The molecule has 0 aliphatic carbocycles. The minimum Gasteiger partial charge on any atom is -0.437 e. The van der Waals surface area contributed by atoms with Crippen LogP contribution >= 0.6 is 0 Å². The molecular formula is C9H14N4O3. The summed E-state index contributed by atoms with van der Waals surface area (Å²) < 4.78 is 6.52. The fraction of sp³-hybridized carbons (Fsp3) is 0.667. The van der Waals surface area contributed by atoms with Gasteiger partial charge in [-0.25, -0.2) is 9.47 Å². The van der Waals surface area contributed by atoms with Gasteiger partial charge in [-0.1, -0.05) is 6.92 Å². The van der Waals surface area contributed by atoms with Gasteiger partial charge in [-0.05, 0) is 20.3 Å². The molecule has 0 spiro atoms. The number of hydrogen-bond donors (Lipinski definition) is 1. The fourth-order valence-corrected chi connectivity index (χ4v) is 1.76. The average molecular weight is 226 g/mol. The molecule has 0 radical (unpaired) electrons. The summed E-state index contributed by atoms with van der Waals surface area (Å²) in [5, 5.41) is 18.7. The van der Waals surface area contributed by atoms with Gasteiger partial charge < -0.3 is 9.84 Å². The molecule has 1 saturated heterocycles. The molecule has 1 aliphatic heterocycles. The van der Waals surface area contributed by atoms with Gasteiger partial charge in [0.2, 0.25) is 5.72 Å². The highest BCUT2D eigenvalue weighted by molar-refractivity contribution is 5.83. The summed E-state index contributed by atoms with van der Waals surface area (Å²) in [7, 11) is 0. The Kier molecular flexibility index (Phi) is 2.16. The van der Waals surface area contributed by atoms with Gasteiger partial charge in [0.1, 0.15) is 12.7 Å². The predicted molar refractivity (Wildman–Crippen MR) is 54.0 cm³/mol. The van der Waals surface area contributed by atoms with E-state index in [0.717, 1.165) is 5.01 Å². The third-order valence-electron chi connectivity index (χ3n) is 3.21. The quantitative estimate of drug-likeness (QED) is 0.781. The molecule has 88 valence electrons. The van der Waals surface area contributed by atoms with Crippen molar-refractivity contribution < 1.29 is 14.6 Å². The van der Waals surface area contributed by atoms with Gasteiger partial charge in [-0.15, -0.1) is 10.2 Å². The van der Waals surface area contributed by atoms with Crippen molar-refractivity contribution in [1.82, 2.24) is 14.9 Å². The van der Waals surface area contributed by atoms with Gasteiger partial charge in [-0.3, -0.25) is 0 Å². The molecule has 7 heteroatoms. The van der Waals surface area contributed by atoms with Crippen molar-refractivity contribution in [1.29, 1.82) is 0 Å². The standard InChI is InChI=1S/C9H14N4O3/c1-4-8(2)9(3,15)13(7(14)16-8)12-5-10-11-6-12/h5-6,15H,4H2,1-3H3/t8-,9+/m0/s1. The minimum absolute atomic E-state index is 0.504. The third kappa shape index (κ3) is 1.21. The largest absolute Gasteiger partial charge is 0.437 e. The molecule has 2 atom stereocenters. The van der Waals surface area contributed by atoms with Crippen LogP contribution in [0.5, 0.6) is 0 Å². The molecule has 2 heterocycles. The van der Waals surface area contributed by atoms with E-state index < -0.39 is 17.4 Å². The van der Waals surface area contributed by atoms with Crippen molar-refractivity contribution in [2.75, 3.05) is 5.01 Å². The Balaban J connectivity index is 2.45. The van der Waals surface area contributed by atoms with Crippen LogP contribution in [0.15, 0.2) is 12.7 Å². The van der Waals surface area contributed by atoms with Gasteiger partial charge in [0, 0.05) is 0 Å². The smallest absolute Gasteiger partial charge is 0.432 e. The Morgan fingerprint density at radius 1 is 1.44 bits per heavy atom.